The lowest BCUT2D eigenvalue weighted by Crippen LogP contribution is -2.27. The smallest absolute Gasteiger partial charge is 0.457 e. The van der Waals surface area contributed by atoms with Crippen LogP contribution >= 0.6 is 0 Å². The second-order valence-corrected chi connectivity index (χ2v) is 9.47. The van der Waals surface area contributed by atoms with Gasteiger partial charge in [0, 0.05) is 5.69 Å². The standard InChI is InChI=1S/C16H14BNO2.C14H11BN2O3.CH4/c1-11-8-13(5-7-16(11)18-3)20-14-4-6-15-12(9-14)10-19-17(15)2;1-9-13(16-2)5-6-14(17-9)20-11-3-4-12-10(7-11)8-19-15(12)18;/h4-9H,10H2,1-2H3;3-7,18H,8H2,1H3;1H4. The molecule has 6 rings (SSSR count). The van der Waals surface area contributed by atoms with Crippen molar-refractivity contribution in [1.82, 2.24) is 4.98 Å². The fourth-order valence-electron chi connectivity index (χ4n) is 4.52. The van der Waals surface area contributed by atoms with Crippen LogP contribution in [0.4, 0.5) is 11.4 Å². The molecule has 0 fully saturated rings. The van der Waals surface area contributed by atoms with Crippen molar-refractivity contribution in [1.29, 1.82) is 0 Å². The highest BCUT2D eigenvalue weighted by molar-refractivity contribution is 6.67. The Kier molecular flexibility index (Phi) is 9.11. The molecule has 2 aliphatic rings. The summed E-state index contributed by atoms with van der Waals surface area (Å²) >= 11 is 0. The lowest BCUT2D eigenvalue weighted by molar-refractivity contribution is 0.275. The lowest BCUT2D eigenvalue weighted by Gasteiger charge is -2.09. The predicted octanol–water partition coefficient (Wildman–Crippen LogP) is 6.28. The lowest BCUT2D eigenvalue weighted by atomic mass is 9.64. The van der Waals surface area contributed by atoms with Gasteiger partial charge in [-0.2, -0.15) is 0 Å². The number of aromatic nitrogens is 1. The first-order chi connectivity index (χ1) is 19.3. The minimum absolute atomic E-state index is 0. The molecule has 0 saturated carbocycles. The molecule has 3 heterocycles. The largest absolute Gasteiger partial charge is 0.491 e. The van der Waals surface area contributed by atoms with E-state index in [1.165, 1.54) is 11.0 Å². The van der Waals surface area contributed by atoms with Gasteiger partial charge >= 0.3 is 14.0 Å². The van der Waals surface area contributed by atoms with Crippen molar-refractivity contribution in [3.8, 4) is 23.1 Å². The number of hydrogen-bond acceptors (Lipinski definition) is 6. The molecule has 0 radical (unpaired) electrons. The molecule has 1 N–H and O–H groups in total. The van der Waals surface area contributed by atoms with E-state index in [0.29, 0.717) is 41.9 Å². The fraction of sp³-hybridized carbons (Fsp3) is 0.194. The first-order valence-corrected chi connectivity index (χ1v) is 12.7. The van der Waals surface area contributed by atoms with Crippen molar-refractivity contribution in [3.63, 3.8) is 0 Å². The van der Waals surface area contributed by atoms with Gasteiger partial charge in [0.2, 0.25) is 11.6 Å². The molecule has 41 heavy (non-hydrogen) atoms. The van der Waals surface area contributed by atoms with E-state index in [1.807, 2.05) is 37.3 Å². The second-order valence-electron chi connectivity index (χ2n) is 9.47. The molecule has 2 aliphatic heterocycles. The summed E-state index contributed by atoms with van der Waals surface area (Å²) in [5, 5.41) is 9.55. The third-order valence-electron chi connectivity index (χ3n) is 6.72. The molecular formula is C31H29B2N3O5. The predicted molar refractivity (Wildman–Crippen MR) is 161 cm³/mol. The van der Waals surface area contributed by atoms with Crippen molar-refractivity contribution >= 4 is 36.3 Å². The van der Waals surface area contributed by atoms with E-state index in [1.54, 1.807) is 37.3 Å². The van der Waals surface area contributed by atoms with Gasteiger partial charge in [-0.15, -0.1) is 0 Å². The SMILES string of the molecule is C.[C-]#[N+]c1ccc(Oc2ccc3c(c2)COB3C)cc1C.[C-]#[N+]c1ccc(Oc2ccc3c(c2)COB3O)nc1C. The molecule has 0 bridgehead atoms. The van der Waals surface area contributed by atoms with Crippen LogP contribution in [-0.2, 0) is 22.5 Å². The number of benzene rings is 3. The van der Waals surface area contributed by atoms with Crippen molar-refractivity contribution in [2.75, 3.05) is 0 Å². The Hall–Kier alpha value is -4.60. The number of pyridine rings is 1. The van der Waals surface area contributed by atoms with E-state index < -0.39 is 7.12 Å². The molecule has 3 aromatic carbocycles. The summed E-state index contributed by atoms with van der Waals surface area (Å²) in [6.07, 6.45) is 0. The molecule has 0 unspecified atom stereocenters. The van der Waals surface area contributed by atoms with Gasteiger partial charge in [-0.25, -0.2) is 14.7 Å². The van der Waals surface area contributed by atoms with Crippen molar-refractivity contribution < 1.29 is 23.8 Å². The van der Waals surface area contributed by atoms with Gasteiger partial charge in [0.1, 0.15) is 17.2 Å². The quantitative estimate of drug-likeness (QED) is 0.240. The topological polar surface area (TPSA) is 78.8 Å². The Morgan fingerprint density at radius 3 is 2.05 bits per heavy atom. The number of rotatable bonds is 4. The summed E-state index contributed by atoms with van der Waals surface area (Å²) in [5.41, 5.74) is 6.83. The van der Waals surface area contributed by atoms with E-state index in [9.17, 15) is 5.02 Å². The van der Waals surface area contributed by atoms with Crippen molar-refractivity contribution in [3.05, 3.63) is 112 Å². The molecule has 0 amide bonds. The summed E-state index contributed by atoms with van der Waals surface area (Å²) in [6.45, 7) is 21.0. The van der Waals surface area contributed by atoms with Gasteiger partial charge in [0.15, 0.2) is 5.69 Å². The van der Waals surface area contributed by atoms with Crippen LogP contribution in [-0.4, -0.2) is 24.0 Å². The molecule has 10 heteroatoms. The number of fused-ring (bicyclic) bond motifs is 2. The molecule has 0 aliphatic carbocycles. The van der Waals surface area contributed by atoms with E-state index in [2.05, 4.69) is 27.6 Å². The Bertz CT molecular complexity index is 1540. The third kappa shape index (κ3) is 6.59. The van der Waals surface area contributed by atoms with Gasteiger partial charge in [-0.3, -0.25) is 0 Å². The van der Waals surface area contributed by atoms with Crippen LogP contribution in [0.1, 0.15) is 29.8 Å². The van der Waals surface area contributed by atoms with Crippen molar-refractivity contribution in [2.24, 2.45) is 0 Å². The maximum absolute atomic E-state index is 9.55. The molecule has 204 valence electrons. The summed E-state index contributed by atoms with van der Waals surface area (Å²) in [4.78, 5) is 11.0. The summed E-state index contributed by atoms with van der Waals surface area (Å²) < 4.78 is 22.2. The number of aryl methyl sites for hydroxylation is 2. The van der Waals surface area contributed by atoms with Crippen molar-refractivity contribution in [2.45, 2.75) is 41.3 Å². The highest BCUT2D eigenvalue weighted by Gasteiger charge is 2.27. The molecule has 4 aromatic rings. The minimum atomic E-state index is -0.850. The third-order valence-corrected chi connectivity index (χ3v) is 6.72. The van der Waals surface area contributed by atoms with Crippen LogP contribution in [0.5, 0.6) is 23.1 Å². The average Bonchev–Trinajstić information content (AvgIpc) is 3.50. The Labute approximate surface area is 241 Å². The number of ether oxygens (including phenoxy) is 2. The van der Waals surface area contributed by atoms with Crippen LogP contribution < -0.4 is 20.4 Å². The van der Waals surface area contributed by atoms with Gasteiger partial charge in [-0.1, -0.05) is 32.4 Å². The van der Waals surface area contributed by atoms with E-state index in [4.69, 9.17) is 31.9 Å². The molecule has 1 aromatic heterocycles. The van der Waals surface area contributed by atoms with Gasteiger partial charge < -0.3 is 23.8 Å². The summed E-state index contributed by atoms with van der Waals surface area (Å²) in [5.74, 6) is 2.62. The highest BCUT2D eigenvalue weighted by Crippen LogP contribution is 2.29. The van der Waals surface area contributed by atoms with E-state index >= 15 is 0 Å². The molecule has 0 spiro atoms. The summed E-state index contributed by atoms with van der Waals surface area (Å²) in [7, 11) is -0.850. The monoisotopic (exact) mass is 545 g/mol. The zero-order chi connectivity index (χ0) is 28.2. The zero-order valence-corrected chi connectivity index (χ0v) is 22.3. The van der Waals surface area contributed by atoms with Gasteiger partial charge in [0.25, 0.3) is 0 Å². The Morgan fingerprint density at radius 1 is 0.780 bits per heavy atom. The van der Waals surface area contributed by atoms with Crippen LogP contribution in [0.2, 0.25) is 6.82 Å². The average molecular weight is 545 g/mol. The van der Waals surface area contributed by atoms with Crippen LogP contribution in [0.25, 0.3) is 9.69 Å². The molecular weight excluding hydrogens is 516 g/mol. The molecule has 0 saturated heterocycles. The Morgan fingerprint density at radius 2 is 1.37 bits per heavy atom. The first kappa shape index (κ1) is 29.4. The fourth-order valence-corrected chi connectivity index (χ4v) is 4.52. The maximum atomic E-state index is 9.55. The summed E-state index contributed by atoms with van der Waals surface area (Å²) in [6, 6.07) is 20.3. The Balaban J connectivity index is 0.000000184. The molecule has 0 atom stereocenters. The van der Waals surface area contributed by atoms with E-state index in [-0.39, 0.29) is 14.3 Å². The van der Waals surface area contributed by atoms with Crippen LogP contribution in [0.15, 0.2) is 66.7 Å². The number of nitrogens with zero attached hydrogens (tertiary/aromatic N) is 3. The zero-order valence-electron chi connectivity index (χ0n) is 22.3. The second kappa shape index (κ2) is 12.7. The normalized spacial score (nSPS) is 12.6. The maximum Gasteiger partial charge on any atom is 0.491 e. The highest BCUT2D eigenvalue weighted by atomic mass is 16.5. The minimum Gasteiger partial charge on any atom is -0.457 e. The molecule has 8 nitrogen and oxygen atoms in total. The van der Waals surface area contributed by atoms with Crippen LogP contribution in [0.3, 0.4) is 0 Å². The van der Waals surface area contributed by atoms with Crippen LogP contribution in [0, 0.1) is 27.0 Å². The van der Waals surface area contributed by atoms with Gasteiger partial charge in [0.05, 0.1) is 26.4 Å². The van der Waals surface area contributed by atoms with Gasteiger partial charge in [-0.05, 0) is 90.0 Å². The first-order valence-electron chi connectivity index (χ1n) is 12.7. The van der Waals surface area contributed by atoms with E-state index in [0.717, 1.165) is 28.1 Å². The number of hydrogen-bond donors (Lipinski definition) is 1.